The van der Waals surface area contributed by atoms with Crippen LogP contribution in [0, 0.1) is 0 Å². The number of nitrogens with zero attached hydrogens (tertiary/aromatic N) is 5. The molecule has 8 nitrogen and oxygen atoms in total. The Balaban J connectivity index is 2.04. The minimum absolute atomic E-state index is 0.00787. The molecule has 0 aliphatic carbocycles. The fraction of sp³-hybridized carbons (Fsp3) is 0.200. The standard InChI is InChI=1S/C20H16F3N5O3S/c1-3-32(30,31)16-7-12-5-4-11(9-25-29)6-14(12)26-17(16)19-27-15-8-13(20(21,22)23)10-24-18(15)28(19)2/h4-10,29H,3H2,1-2H3/b25-9+. The van der Waals surface area contributed by atoms with E-state index in [-0.39, 0.29) is 33.3 Å². The van der Waals surface area contributed by atoms with E-state index >= 15 is 0 Å². The Morgan fingerprint density at radius 3 is 2.56 bits per heavy atom. The summed E-state index contributed by atoms with van der Waals surface area (Å²) in [4.78, 5) is 12.5. The van der Waals surface area contributed by atoms with Crippen molar-refractivity contribution in [1.29, 1.82) is 0 Å². The van der Waals surface area contributed by atoms with Gasteiger partial charge in [-0.15, -0.1) is 0 Å². The van der Waals surface area contributed by atoms with E-state index in [0.29, 0.717) is 22.7 Å². The number of pyridine rings is 2. The van der Waals surface area contributed by atoms with Crippen LogP contribution in [-0.4, -0.2) is 45.1 Å². The SMILES string of the molecule is CCS(=O)(=O)c1cc2ccc(/C=N/O)cc2nc1-c1nc2cc(C(F)(F)F)cnc2n1C. The third-order valence-corrected chi connectivity index (χ3v) is 6.72. The largest absolute Gasteiger partial charge is 0.417 e. The van der Waals surface area contributed by atoms with Crippen LogP contribution in [0.5, 0.6) is 0 Å². The van der Waals surface area contributed by atoms with Crippen LogP contribution in [0.1, 0.15) is 18.1 Å². The maximum atomic E-state index is 13.1. The Kier molecular flexibility index (Phi) is 5.12. The predicted molar refractivity (Wildman–Crippen MR) is 111 cm³/mol. The first-order valence-electron chi connectivity index (χ1n) is 9.30. The summed E-state index contributed by atoms with van der Waals surface area (Å²) >= 11 is 0. The van der Waals surface area contributed by atoms with E-state index in [2.05, 4.69) is 20.1 Å². The molecule has 0 aliphatic heterocycles. The molecule has 0 aliphatic rings. The Hall–Kier alpha value is -3.54. The monoisotopic (exact) mass is 463 g/mol. The molecular weight excluding hydrogens is 447 g/mol. The van der Waals surface area contributed by atoms with E-state index in [1.54, 1.807) is 18.2 Å². The summed E-state index contributed by atoms with van der Waals surface area (Å²) in [6.45, 7) is 1.48. The molecule has 0 amide bonds. The molecular formula is C20H16F3N5O3S. The summed E-state index contributed by atoms with van der Waals surface area (Å²) in [5.41, 5.74) is 0.0487. The second-order valence-corrected chi connectivity index (χ2v) is 9.24. The number of hydrogen-bond donors (Lipinski definition) is 1. The fourth-order valence-corrected chi connectivity index (χ4v) is 4.36. The summed E-state index contributed by atoms with van der Waals surface area (Å²) in [7, 11) is -2.24. The average Bonchev–Trinajstić information content (AvgIpc) is 3.08. The van der Waals surface area contributed by atoms with E-state index in [0.717, 1.165) is 6.07 Å². The summed E-state index contributed by atoms with van der Waals surface area (Å²) in [6.07, 6.45) is -2.71. The number of rotatable bonds is 4. The van der Waals surface area contributed by atoms with Gasteiger partial charge in [0.1, 0.15) is 11.2 Å². The van der Waals surface area contributed by atoms with Gasteiger partial charge in [0.15, 0.2) is 21.3 Å². The maximum Gasteiger partial charge on any atom is 0.417 e. The van der Waals surface area contributed by atoms with Crippen molar-refractivity contribution in [3.05, 3.63) is 47.7 Å². The number of sulfone groups is 1. The van der Waals surface area contributed by atoms with Crippen LogP contribution < -0.4 is 0 Å². The highest BCUT2D eigenvalue weighted by Gasteiger charge is 2.32. The van der Waals surface area contributed by atoms with Gasteiger partial charge in [0.05, 0.1) is 27.9 Å². The molecule has 0 bridgehead atoms. The Morgan fingerprint density at radius 2 is 1.91 bits per heavy atom. The number of oxime groups is 1. The predicted octanol–water partition coefficient (Wildman–Crippen LogP) is 3.80. The maximum absolute atomic E-state index is 13.1. The van der Waals surface area contributed by atoms with Gasteiger partial charge in [-0.1, -0.05) is 24.2 Å². The molecule has 1 aromatic carbocycles. The third-order valence-electron chi connectivity index (χ3n) is 4.98. The molecule has 0 atom stereocenters. The van der Waals surface area contributed by atoms with Crippen molar-refractivity contribution in [3.63, 3.8) is 0 Å². The Bertz CT molecular complexity index is 1490. The number of aromatic nitrogens is 4. The highest BCUT2D eigenvalue weighted by molar-refractivity contribution is 7.91. The number of alkyl halides is 3. The van der Waals surface area contributed by atoms with Crippen LogP contribution in [0.3, 0.4) is 0 Å². The summed E-state index contributed by atoms with van der Waals surface area (Å²) in [6, 6.07) is 7.15. The number of fused-ring (bicyclic) bond motifs is 2. The molecule has 0 saturated carbocycles. The molecule has 32 heavy (non-hydrogen) atoms. The molecule has 0 radical (unpaired) electrons. The average molecular weight is 463 g/mol. The van der Waals surface area contributed by atoms with Gasteiger partial charge in [0, 0.05) is 18.6 Å². The van der Waals surface area contributed by atoms with Gasteiger partial charge in [0.2, 0.25) is 0 Å². The number of aryl methyl sites for hydroxylation is 1. The van der Waals surface area contributed by atoms with Crippen molar-refractivity contribution in [1.82, 2.24) is 19.5 Å². The molecule has 4 aromatic rings. The first kappa shape index (κ1) is 21.7. The zero-order valence-corrected chi connectivity index (χ0v) is 17.6. The van der Waals surface area contributed by atoms with Crippen LogP contribution in [0.25, 0.3) is 33.6 Å². The molecule has 166 valence electrons. The van der Waals surface area contributed by atoms with Crippen molar-refractivity contribution in [2.24, 2.45) is 12.2 Å². The normalized spacial score (nSPS) is 12.9. The number of hydrogen-bond acceptors (Lipinski definition) is 7. The number of imidazole rings is 1. The number of halogens is 3. The smallest absolute Gasteiger partial charge is 0.411 e. The number of benzene rings is 1. The summed E-state index contributed by atoms with van der Waals surface area (Å²) in [5, 5.41) is 12.3. The highest BCUT2D eigenvalue weighted by atomic mass is 32.2. The molecule has 0 unspecified atom stereocenters. The molecule has 1 N–H and O–H groups in total. The van der Waals surface area contributed by atoms with Crippen LogP contribution >= 0.6 is 0 Å². The van der Waals surface area contributed by atoms with E-state index in [4.69, 9.17) is 5.21 Å². The van der Waals surface area contributed by atoms with Gasteiger partial charge in [-0.3, -0.25) is 0 Å². The van der Waals surface area contributed by atoms with Crippen LogP contribution in [-0.2, 0) is 23.1 Å². The Morgan fingerprint density at radius 1 is 1.16 bits per heavy atom. The van der Waals surface area contributed by atoms with E-state index in [9.17, 15) is 21.6 Å². The van der Waals surface area contributed by atoms with Gasteiger partial charge in [-0.2, -0.15) is 13.2 Å². The van der Waals surface area contributed by atoms with Gasteiger partial charge in [-0.25, -0.2) is 23.4 Å². The highest BCUT2D eigenvalue weighted by Crippen LogP contribution is 2.34. The fourth-order valence-electron chi connectivity index (χ4n) is 3.31. The molecule has 3 aromatic heterocycles. The van der Waals surface area contributed by atoms with E-state index in [1.165, 1.54) is 30.8 Å². The molecule has 0 fully saturated rings. The zero-order chi connectivity index (χ0) is 23.3. The second-order valence-electron chi connectivity index (χ2n) is 6.99. The Labute approximate surface area is 180 Å². The first-order chi connectivity index (χ1) is 15.0. The quantitative estimate of drug-likeness (QED) is 0.280. The van der Waals surface area contributed by atoms with Crippen molar-refractivity contribution < 1.29 is 26.8 Å². The van der Waals surface area contributed by atoms with Gasteiger partial charge < -0.3 is 9.77 Å². The van der Waals surface area contributed by atoms with Crippen LogP contribution in [0.4, 0.5) is 13.2 Å². The van der Waals surface area contributed by atoms with Gasteiger partial charge in [0.25, 0.3) is 0 Å². The lowest BCUT2D eigenvalue weighted by Gasteiger charge is -2.11. The van der Waals surface area contributed by atoms with E-state index < -0.39 is 21.6 Å². The zero-order valence-electron chi connectivity index (χ0n) is 16.8. The minimum atomic E-state index is -4.60. The molecule has 4 rings (SSSR count). The lowest BCUT2D eigenvalue weighted by atomic mass is 10.1. The van der Waals surface area contributed by atoms with Crippen molar-refractivity contribution in [2.45, 2.75) is 18.0 Å². The van der Waals surface area contributed by atoms with Crippen molar-refractivity contribution in [3.8, 4) is 11.5 Å². The van der Waals surface area contributed by atoms with Crippen LogP contribution in [0.15, 0.2) is 46.6 Å². The molecule has 3 heterocycles. The van der Waals surface area contributed by atoms with Crippen molar-refractivity contribution >= 4 is 38.1 Å². The lowest BCUT2D eigenvalue weighted by molar-refractivity contribution is -0.137. The third kappa shape index (κ3) is 3.66. The van der Waals surface area contributed by atoms with Gasteiger partial charge in [-0.05, 0) is 23.8 Å². The molecule has 0 saturated heterocycles. The summed E-state index contributed by atoms with van der Waals surface area (Å²) in [5.74, 6) is -0.148. The van der Waals surface area contributed by atoms with Crippen LogP contribution in [0.2, 0.25) is 0 Å². The van der Waals surface area contributed by atoms with Gasteiger partial charge >= 0.3 is 6.18 Å². The first-order valence-corrected chi connectivity index (χ1v) is 11.0. The minimum Gasteiger partial charge on any atom is -0.411 e. The van der Waals surface area contributed by atoms with Crippen molar-refractivity contribution in [2.75, 3.05) is 5.75 Å². The second kappa shape index (κ2) is 7.55. The van der Waals surface area contributed by atoms with E-state index in [1.807, 2.05) is 0 Å². The lowest BCUT2D eigenvalue weighted by Crippen LogP contribution is -2.09. The molecule has 0 spiro atoms. The molecule has 12 heteroatoms. The topological polar surface area (TPSA) is 110 Å². The summed E-state index contributed by atoms with van der Waals surface area (Å²) < 4.78 is 66.3.